The first-order valence-electron chi connectivity index (χ1n) is 9.47. The summed E-state index contributed by atoms with van der Waals surface area (Å²) in [5.74, 6) is -2.83. The molecule has 2 fully saturated rings. The van der Waals surface area contributed by atoms with Gasteiger partial charge in [-0.2, -0.15) is 0 Å². The Hall–Kier alpha value is -2.98. The normalized spacial score (nSPS) is 18.4. The molecule has 2 saturated heterocycles. The van der Waals surface area contributed by atoms with Gasteiger partial charge in [0.15, 0.2) is 0 Å². The van der Waals surface area contributed by atoms with Crippen molar-refractivity contribution in [1.29, 1.82) is 0 Å². The monoisotopic (exact) mass is 424 g/mol. The van der Waals surface area contributed by atoms with Crippen LogP contribution in [0.3, 0.4) is 0 Å². The van der Waals surface area contributed by atoms with E-state index in [1.54, 1.807) is 24.3 Å². The third kappa shape index (κ3) is 9.48. The number of unbranched alkanes of at least 4 members (excludes halogenated alkanes) is 1. The number of epoxide rings is 2. The largest absolute Gasteiger partial charge is 0.481 e. The Bertz CT molecular complexity index is 689. The van der Waals surface area contributed by atoms with E-state index in [2.05, 4.69) is 0 Å². The zero-order valence-electron chi connectivity index (χ0n) is 16.3. The molecular weight excluding hydrogens is 400 g/mol. The number of carbonyl (C=O) groups is 4. The molecule has 10 heteroatoms. The van der Waals surface area contributed by atoms with Crippen LogP contribution in [0.4, 0.5) is 0 Å². The molecule has 0 saturated carbocycles. The number of esters is 2. The minimum atomic E-state index is -0.870. The quantitative estimate of drug-likeness (QED) is 0.304. The van der Waals surface area contributed by atoms with E-state index in [0.717, 1.165) is 0 Å². The molecule has 2 atom stereocenters. The second kappa shape index (κ2) is 11.9. The number of carbonyl (C=O) groups excluding carboxylic acids is 2. The fraction of sp³-hybridized carbons (Fsp3) is 0.500. The molecule has 0 amide bonds. The van der Waals surface area contributed by atoms with Crippen LogP contribution < -0.4 is 0 Å². The predicted molar refractivity (Wildman–Crippen MR) is 100 cm³/mol. The van der Waals surface area contributed by atoms with Crippen molar-refractivity contribution in [2.24, 2.45) is 0 Å². The van der Waals surface area contributed by atoms with Crippen molar-refractivity contribution in [3.63, 3.8) is 0 Å². The Morgan fingerprint density at radius 2 is 1.17 bits per heavy atom. The Morgan fingerprint density at radius 1 is 0.800 bits per heavy atom. The van der Waals surface area contributed by atoms with Crippen molar-refractivity contribution in [2.45, 2.75) is 37.9 Å². The molecule has 164 valence electrons. The highest BCUT2D eigenvalue weighted by molar-refractivity contribution is 6.03. The van der Waals surface area contributed by atoms with E-state index in [-0.39, 0.29) is 49.4 Å². The van der Waals surface area contributed by atoms with Crippen LogP contribution in [0.2, 0.25) is 0 Å². The number of carboxylic acid groups (broad SMARTS) is 2. The SMILES string of the molecule is O=C(O)CCCCC(=O)O.O=C(OCC1CO1)c1ccccc1C(=O)OCC1CO1. The standard InChI is InChI=1S/C14H14O6.C6H10O4/c15-13(19-7-9-5-17-9)11-3-1-2-4-12(11)14(16)20-8-10-6-18-10;7-5(8)3-1-2-4-6(9)10/h1-4,9-10H,5-8H2;1-4H2,(H,7,8)(H,9,10). The molecular formula is C20H24O10. The van der Waals surface area contributed by atoms with E-state index >= 15 is 0 Å². The van der Waals surface area contributed by atoms with Gasteiger partial charge in [-0.1, -0.05) is 12.1 Å². The summed E-state index contributed by atoms with van der Waals surface area (Å²) in [5.41, 5.74) is 0.407. The Kier molecular flexibility index (Phi) is 9.23. The Morgan fingerprint density at radius 3 is 1.47 bits per heavy atom. The third-order valence-corrected chi connectivity index (χ3v) is 4.00. The van der Waals surface area contributed by atoms with E-state index in [4.69, 9.17) is 29.2 Å². The molecule has 10 nitrogen and oxygen atoms in total. The Balaban J connectivity index is 0.000000274. The molecule has 2 aliphatic rings. The molecule has 1 aromatic carbocycles. The molecule has 0 aromatic heterocycles. The van der Waals surface area contributed by atoms with Crippen molar-refractivity contribution in [3.8, 4) is 0 Å². The number of ether oxygens (including phenoxy) is 4. The summed E-state index contributed by atoms with van der Waals surface area (Å²) >= 11 is 0. The van der Waals surface area contributed by atoms with Crippen molar-refractivity contribution < 1.29 is 48.3 Å². The molecule has 2 N–H and O–H groups in total. The van der Waals surface area contributed by atoms with Gasteiger partial charge in [0.2, 0.25) is 0 Å². The highest BCUT2D eigenvalue weighted by Crippen LogP contribution is 2.16. The second-order valence-electron chi connectivity index (χ2n) is 6.65. The highest BCUT2D eigenvalue weighted by Gasteiger charge is 2.28. The second-order valence-corrected chi connectivity index (χ2v) is 6.65. The molecule has 0 aliphatic carbocycles. The van der Waals surface area contributed by atoms with E-state index in [1.807, 2.05) is 0 Å². The van der Waals surface area contributed by atoms with Gasteiger partial charge in [0, 0.05) is 12.8 Å². The first-order valence-corrected chi connectivity index (χ1v) is 9.47. The molecule has 2 aliphatic heterocycles. The lowest BCUT2D eigenvalue weighted by molar-refractivity contribution is -0.139. The van der Waals surface area contributed by atoms with E-state index in [9.17, 15) is 19.2 Å². The van der Waals surface area contributed by atoms with Gasteiger partial charge in [-0.05, 0) is 25.0 Å². The van der Waals surface area contributed by atoms with Gasteiger partial charge in [-0.25, -0.2) is 9.59 Å². The number of carboxylic acids is 2. The van der Waals surface area contributed by atoms with E-state index < -0.39 is 23.9 Å². The van der Waals surface area contributed by atoms with Crippen LogP contribution in [0, 0.1) is 0 Å². The zero-order chi connectivity index (χ0) is 21.9. The summed E-state index contributed by atoms with van der Waals surface area (Å²) in [5, 5.41) is 16.3. The minimum Gasteiger partial charge on any atom is -0.481 e. The predicted octanol–water partition coefficient (Wildman–Crippen LogP) is 1.51. The molecule has 30 heavy (non-hydrogen) atoms. The molecule has 3 rings (SSSR count). The number of hydrogen-bond acceptors (Lipinski definition) is 8. The van der Waals surface area contributed by atoms with Gasteiger partial charge in [0.25, 0.3) is 0 Å². The van der Waals surface area contributed by atoms with E-state index in [1.165, 1.54) is 0 Å². The smallest absolute Gasteiger partial charge is 0.339 e. The van der Waals surface area contributed by atoms with Gasteiger partial charge in [0.1, 0.15) is 25.4 Å². The average Bonchev–Trinajstić information content (AvgIpc) is 3.62. The molecule has 0 radical (unpaired) electrons. The summed E-state index contributed by atoms with van der Waals surface area (Å²) in [6.45, 7) is 1.63. The number of benzene rings is 1. The Labute approximate surface area is 172 Å². The first-order chi connectivity index (χ1) is 14.4. The summed E-state index contributed by atoms with van der Waals surface area (Å²) in [4.78, 5) is 43.7. The number of rotatable bonds is 11. The van der Waals surface area contributed by atoms with Crippen molar-refractivity contribution >= 4 is 23.9 Å². The molecule has 0 bridgehead atoms. The van der Waals surface area contributed by atoms with Gasteiger partial charge in [-0.15, -0.1) is 0 Å². The number of aliphatic carboxylic acids is 2. The maximum absolute atomic E-state index is 11.9. The lowest BCUT2D eigenvalue weighted by atomic mass is 10.1. The van der Waals surface area contributed by atoms with Gasteiger partial charge >= 0.3 is 23.9 Å². The first kappa shape index (κ1) is 23.3. The summed E-state index contributed by atoms with van der Waals surface area (Å²) < 4.78 is 20.1. The summed E-state index contributed by atoms with van der Waals surface area (Å²) in [7, 11) is 0. The van der Waals surface area contributed by atoms with Crippen molar-refractivity contribution in [3.05, 3.63) is 35.4 Å². The van der Waals surface area contributed by atoms with Crippen LogP contribution in [0.15, 0.2) is 24.3 Å². The topological polar surface area (TPSA) is 152 Å². The number of hydrogen-bond donors (Lipinski definition) is 2. The maximum atomic E-state index is 11.9. The molecule has 2 heterocycles. The minimum absolute atomic E-state index is 0.00919. The summed E-state index contributed by atoms with van der Waals surface area (Å²) in [6.07, 6.45) is 0.999. The third-order valence-electron chi connectivity index (χ3n) is 4.00. The molecule has 1 aromatic rings. The highest BCUT2D eigenvalue weighted by atomic mass is 16.6. The van der Waals surface area contributed by atoms with Crippen LogP contribution in [-0.4, -0.2) is 72.7 Å². The fourth-order valence-corrected chi connectivity index (χ4v) is 2.21. The van der Waals surface area contributed by atoms with Gasteiger partial charge < -0.3 is 29.2 Å². The fourth-order valence-electron chi connectivity index (χ4n) is 2.21. The maximum Gasteiger partial charge on any atom is 0.339 e. The van der Waals surface area contributed by atoms with Gasteiger partial charge in [-0.3, -0.25) is 9.59 Å². The zero-order valence-corrected chi connectivity index (χ0v) is 16.3. The van der Waals surface area contributed by atoms with Crippen molar-refractivity contribution in [1.82, 2.24) is 0 Å². The van der Waals surface area contributed by atoms with Crippen molar-refractivity contribution in [2.75, 3.05) is 26.4 Å². The van der Waals surface area contributed by atoms with Crippen LogP contribution in [0.1, 0.15) is 46.4 Å². The van der Waals surface area contributed by atoms with Crippen LogP contribution in [-0.2, 0) is 28.5 Å². The van der Waals surface area contributed by atoms with Crippen LogP contribution >= 0.6 is 0 Å². The van der Waals surface area contributed by atoms with Crippen LogP contribution in [0.25, 0.3) is 0 Å². The van der Waals surface area contributed by atoms with E-state index in [0.29, 0.717) is 26.1 Å². The average molecular weight is 424 g/mol. The van der Waals surface area contributed by atoms with Crippen LogP contribution in [0.5, 0.6) is 0 Å². The molecule has 2 unspecified atom stereocenters. The lowest BCUT2D eigenvalue weighted by Gasteiger charge is -2.08. The van der Waals surface area contributed by atoms with Gasteiger partial charge in [0.05, 0.1) is 24.3 Å². The lowest BCUT2D eigenvalue weighted by Crippen LogP contribution is -2.17. The summed E-state index contributed by atoms with van der Waals surface area (Å²) in [6, 6.07) is 6.43. The molecule has 0 spiro atoms.